The van der Waals surface area contributed by atoms with Crippen molar-refractivity contribution in [3.05, 3.63) is 0 Å². The molecule has 3 nitrogen and oxygen atoms in total. The molecule has 2 N–H and O–H groups in total. The van der Waals surface area contributed by atoms with Gasteiger partial charge in [0.25, 0.3) is 0 Å². The van der Waals surface area contributed by atoms with Crippen molar-refractivity contribution >= 4 is 41.7 Å². The molecule has 19 heavy (non-hydrogen) atoms. The molecule has 5 heteroatoms. The first-order chi connectivity index (χ1) is 8.63. The fraction of sp³-hybridized carbons (Fsp3) is 0.929. The minimum absolute atomic E-state index is 0. The average molecular weight is 399 g/mol. The van der Waals surface area contributed by atoms with Crippen molar-refractivity contribution < 1.29 is 0 Å². The fourth-order valence-corrected chi connectivity index (χ4v) is 3.53. The summed E-state index contributed by atoms with van der Waals surface area (Å²) in [6.45, 7) is 8.90. The summed E-state index contributed by atoms with van der Waals surface area (Å²) in [5.74, 6) is 3.01. The van der Waals surface area contributed by atoms with Gasteiger partial charge < -0.3 is 10.6 Å². The monoisotopic (exact) mass is 399 g/mol. The second-order valence-corrected chi connectivity index (χ2v) is 7.07. The number of rotatable bonds is 6. The average Bonchev–Trinajstić information content (AvgIpc) is 2.81. The van der Waals surface area contributed by atoms with Gasteiger partial charge in [0.05, 0.1) is 0 Å². The zero-order valence-corrected chi connectivity index (χ0v) is 15.9. The Bertz CT molecular complexity index is 261. The van der Waals surface area contributed by atoms with E-state index in [2.05, 4.69) is 48.2 Å². The van der Waals surface area contributed by atoms with Crippen LogP contribution in [0.2, 0.25) is 0 Å². The van der Waals surface area contributed by atoms with Crippen LogP contribution in [-0.2, 0) is 0 Å². The van der Waals surface area contributed by atoms with E-state index in [1.165, 1.54) is 31.4 Å². The second-order valence-electron chi connectivity index (χ2n) is 5.39. The van der Waals surface area contributed by atoms with Crippen LogP contribution >= 0.6 is 35.7 Å². The lowest BCUT2D eigenvalue weighted by Crippen LogP contribution is -2.44. The summed E-state index contributed by atoms with van der Waals surface area (Å²) in [6, 6.07) is 0. The molecule has 1 unspecified atom stereocenters. The first kappa shape index (κ1) is 19.4. The van der Waals surface area contributed by atoms with Crippen LogP contribution in [0.25, 0.3) is 0 Å². The Morgan fingerprint density at radius 2 is 2.00 bits per heavy atom. The number of aliphatic imine (C=N–C) groups is 1. The van der Waals surface area contributed by atoms with Crippen molar-refractivity contribution in [3.8, 4) is 0 Å². The van der Waals surface area contributed by atoms with Gasteiger partial charge in [-0.1, -0.05) is 26.7 Å². The molecule has 0 aromatic rings. The Labute approximate surface area is 140 Å². The van der Waals surface area contributed by atoms with E-state index in [1.807, 2.05) is 7.05 Å². The second kappa shape index (κ2) is 10.1. The summed E-state index contributed by atoms with van der Waals surface area (Å²) in [5.41, 5.74) is 0. The van der Waals surface area contributed by atoms with Crippen molar-refractivity contribution in [2.45, 2.75) is 51.2 Å². The third-order valence-electron chi connectivity index (χ3n) is 3.87. The van der Waals surface area contributed by atoms with E-state index < -0.39 is 0 Å². The van der Waals surface area contributed by atoms with Crippen molar-refractivity contribution in [1.82, 2.24) is 10.6 Å². The smallest absolute Gasteiger partial charge is 0.191 e. The largest absolute Gasteiger partial charge is 0.356 e. The highest BCUT2D eigenvalue weighted by molar-refractivity contribution is 14.0. The van der Waals surface area contributed by atoms with Gasteiger partial charge in [-0.2, -0.15) is 11.8 Å². The Morgan fingerprint density at radius 3 is 2.47 bits per heavy atom. The molecule has 0 aromatic carbocycles. The molecule has 1 aliphatic rings. The van der Waals surface area contributed by atoms with Gasteiger partial charge in [-0.3, -0.25) is 4.99 Å². The topological polar surface area (TPSA) is 36.4 Å². The maximum atomic E-state index is 4.31. The molecule has 1 atom stereocenters. The summed E-state index contributed by atoms with van der Waals surface area (Å²) in [5, 5.41) is 6.92. The molecule has 1 fully saturated rings. The number of nitrogens with one attached hydrogen (secondary N) is 2. The van der Waals surface area contributed by atoms with Gasteiger partial charge in [0.1, 0.15) is 0 Å². The van der Waals surface area contributed by atoms with Crippen LogP contribution in [0.4, 0.5) is 0 Å². The highest BCUT2D eigenvalue weighted by Crippen LogP contribution is 2.36. The summed E-state index contributed by atoms with van der Waals surface area (Å²) in [4.78, 5) is 4.31. The molecule has 0 spiro atoms. The maximum absolute atomic E-state index is 4.31. The number of guanidine groups is 1. The zero-order valence-electron chi connectivity index (χ0n) is 12.8. The molecular weight excluding hydrogens is 369 g/mol. The predicted molar refractivity (Wildman–Crippen MR) is 98.9 cm³/mol. The van der Waals surface area contributed by atoms with Gasteiger partial charge in [-0.05, 0) is 31.4 Å². The van der Waals surface area contributed by atoms with Crippen molar-refractivity contribution in [1.29, 1.82) is 0 Å². The van der Waals surface area contributed by atoms with Crippen LogP contribution in [0.3, 0.4) is 0 Å². The Balaban J connectivity index is 0.00000324. The third-order valence-corrected chi connectivity index (χ3v) is 5.40. The zero-order chi connectivity index (χ0) is 13.4. The third kappa shape index (κ3) is 7.06. The van der Waals surface area contributed by atoms with E-state index in [1.54, 1.807) is 0 Å². The summed E-state index contributed by atoms with van der Waals surface area (Å²) in [7, 11) is 1.85. The SMILES string of the molecule is CCC(CC)CNC(=NC)NCC1(C)CCCS1.I. The van der Waals surface area contributed by atoms with E-state index in [4.69, 9.17) is 0 Å². The number of halogens is 1. The van der Waals surface area contributed by atoms with Crippen LogP contribution in [0.5, 0.6) is 0 Å². The molecule has 1 rings (SSSR count). The van der Waals surface area contributed by atoms with Crippen molar-refractivity contribution in [3.63, 3.8) is 0 Å². The summed E-state index contributed by atoms with van der Waals surface area (Å²) >= 11 is 2.09. The van der Waals surface area contributed by atoms with Crippen LogP contribution in [0.15, 0.2) is 4.99 Å². The van der Waals surface area contributed by atoms with Gasteiger partial charge in [0.2, 0.25) is 0 Å². The highest BCUT2D eigenvalue weighted by atomic mass is 127. The molecule has 0 aliphatic carbocycles. The minimum Gasteiger partial charge on any atom is -0.356 e. The van der Waals surface area contributed by atoms with E-state index in [9.17, 15) is 0 Å². The van der Waals surface area contributed by atoms with E-state index >= 15 is 0 Å². The lowest BCUT2D eigenvalue weighted by molar-refractivity contribution is 0.479. The Kier molecular flexibility index (Phi) is 10.3. The van der Waals surface area contributed by atoms with Gasteiger partial charge in [0.15, 0.2) is 5.96 Å². The number of thioether (sulfide) groups is 1. The quantitative estimate of drug-likeness (QED) is 0.408. The van der Waals surface area contributed by atoms with E-state index in [0.29, 0.717) is 4.75 Å². The number of nitrogens with zero attached hydrogens (tertiary/aromatic N) is 1. The van der Waals surface area contributed by atoms with Crippen LogP contribution in [-0.4, -0.2) is 36.6 Å². The molecule has 1 heterocycles. The molecule has 0 saturated carbocycles. The fourth-order valence-electron chi connectivity index (χ4n) is 2.29. The minimum atomic E-state index is 0. The Morgan fingerprint density at radius 1 is 1.32 bits per heavy atom. The highest BCUT2D eigenvalue weighted by Gasteiger charge is 2.29. The van der Waals surface area contributed by atoms with Gasteiger partial charge in [-0.15, -0.1) is 24.0 Å². The number of hydrogen-bond donors (Lipinski definition) is 2. The summed E-state index contributed by atoms with van der Waals surface area (Å²) in [6.07, 6.45) is 5.12. The van der Waals surface area contributed by atoms with Crippen LogP contribution in [0, 0.1) is 5.92 Å². The molecule has 0 radical (unpaired) electrons. The molecule has 0 bridgehead atoms. The van der Waals surface area contributed by atoms with Gasteiger partial charge >= 0.3 is 0 Å². The first-order valence-corrected chi connectivity index (χ1v) is 8.20. The Hall–Kier alpha value is 0.350. The molecule has 0 amide bonds. The summed E-state index contributed by atoms with van der Waals surface area (Å²) < 4.78 is 0.395. The number of hydrogen-bond acceptors (Lipinski definition) is 2. The first-order valence-electron chi connectivity index (χ1n) is 7.22. The van der Waals surface area contributed by atoms with Crippen LogP contribution < -0.4 is 10.6 Å². The molecule has 114 valence electrons. The van der Waals surface area contributed by atoms with Gasteiger partial charge in [-0.25, -0.2) is 0 Å². The molecule has 1 saturated heterocycles. The van der Waals surface area contributed by atoms with Gasteiger partial charge in [0, 0.05) is 24.9 Å². The lowest BCUT2D eigenvalue weighted by atomic mass is 10.0. The van der Waals surface area contributed by atoms with Crippen LogP contribution in [0.1, 0.15) is 46.5 Å². The van der Waals surface area contributed by atoms with Crippen molar-refractivity contribution in [2.75, 3.05) is 25.9 Å². The molecular formula is C14H30IN3S. The van der Waals surface area contributed by atoms with E-state index in [0.717, 1.165) is 25.0 Å². The molecule has 1 aliphatic heterocycles. The van der Waals surface area contributed by atoms with Crippen molar-refractivity contribution in [2.24, 2.45) is 10.9 Å². The van der Waals surface area contributed by atoms with E-state index in [-0.39, 0.29) is 24.0 Å². The maximum Gasteiger partial charge on any atom is 0.191 e. The lowest BCUT2D eigenvalue weighted by Gasteiger charge is -2.25. The molecule has 0 aromatic heterocycles. The standard InChI is InChI=1S/C14H29N3S.HI/c1-5-12(6-2)10-16-13(15-4)17-11-14(3)8-7-9-18-14;/h12H,5-11H2,1-4H3,(H2,15,16,17);1H. The normalized spacial score (nSPS) is 23.3. The predicted octanol–water partition coefficient (Wildman–Crippen LogP) is 3.49.